The topological polar surface area (TPSA) is 35.6 Å². The molecule has 110 valence electrons. The van der Waals surface area contributed by atoms with Crippen LogP contribution >= 0.6 is 0 Å². The number of nitrogens with zero attached hydrogens (tertiary/aromatic N) is 4. The maximum Gasteiger partial charge on any atom is 0.0489 e. The number of aryl methyl sites for hydroxylation is 2. The molecule has 0 aliphatic rings. The van der Waals surface area contributed by atoms with E-state index < -0.39 is 0 Å². The van der Waals surface area contributed by atoms with E-state index in [0.29, 0.717) is 0 Å². The van der Waals surface area contributed by atoms with Gasteiger partial charge in [-0.3, -0.25) is 9.36 Å². The van der Waals surface area contributed by atoms with E-state index in [1.165, 1.54) is 51.4 Å². The molecule has 0 spiro atoms. The second kappa shape index (κ2) is 9.34. The average Bonchev–Trinajstić information content (AvgIpc) is 3.14. The van der Waals surface area contributed by atoms with Crippen molar-refractivity contribution < 1.29 is 0 Å². The third-order valence-corrected chi connectivity index (χ3v) is 3.64. The standard InChI is InChI=1S/C16H26N4/c1(3-5-7-13-19-15-9-11-17-19)2-4-6-8-14-20-16-10-12-18-20/h9-12,15-16H,1-8,13-14H2. The lowest BCUT2D eigenvalue weighted by Crippen LogP contribution is -1.98. The Bertz CT molecular complexity index is 377. The third-order valence-electron chi connectivity index (χ3n) is 3.64. The van der Waals surface area contributed by atoms with E-state index in [9.17, 15) is 0 Å². The Balaban J connectivity index is 1.33. The molecule has 2 heterocycles. The summed E-state index contributed by atoms with van der Waals surface area (Å²) in [6.45, 7) is 2.13. The molecule has 0 bridgehead atoms. The molecule has 2 aromatic heterocycles. The summed E-state index contributed by atoms with van der Waals surface area (Å²) in [6.07, 6.45) is 18.4. The number of hydrogen-bond acceptors (Lipinski definition) is 2. The quantitative estimate of drug-likeness (QED) is 0.583. The zero-order valence-electron chi connectivity index (χ0n) is 12.3. The molecule has 4 heteroatoms. The summed E-state index contributed by atoms with van der Waals surface area (Å²) in [5, 5.41) is 8.43. The van der Waals surface area contributed by atoms with Gasteiger partial charge in [-0.05, 0) is 25.0 Å². The van der Waals surface area contributed by atoms with Crippen molar-refractivity contribution in [1.29, 1.82) is 0 Å². The van der Waals surface area contributed by atoms with E-state index in [1.54, 1.807) is 0 Å². The van der Waals surface area contributed by atoms with Gasteiger partial charge in [-0.15, -0.1) is 0 Å². The molecule has 0 saturated heterocycles. The largest absolute Gasteiger partial charge is 0.273 e. The Labute approximate surface area is 121 Å². The van der Waals surface area contributed by atoms with Crippen molar-refractivity contribution in [3.05, 3.63) is 36.9 Å². The van der Waals surface area contributed by atoms with Crippen LogP contribution in [-0.4, -0.2) is 19.6 Å². The van der Waals surface area contributed by atoms with Crippen molar-refractivity contribution in [3.63, 3.8) is 0 Å². The second-order valence-electron chi connectivity index (χ2n) is 5.37. The lowest BCUT2D eigenvalue weighted by molar-refractivity contribution is 0.502. The zero-order valence-corrected chi connectivity index (χ0v) is 12.3. The smallest absolute Gasteiger partial charge is 0.0489 e. The van der Waals surface area contributed by atoms with Gasteiger partial charge in [0.15, 0.2) is 0 Å². The van der Waals surface area contributed by atoms with Crippen molar-refractivity contribution in [2.45, 2.75) is 64.5 Å². The number of hydrogen-bond donors (Lipinski definition) is 0. The molecule has 0 atom stereocenters. The Hall–Kier alpha value is -1.58. The fourth-order valence-electron chi connectivity index (χ4n) is 2.47. The molecule has 20 heavy (non-hydrogen) atoms. The summed E-state index contributed by atoms with van der Waals surface area (Å²) in [6, 6.07) is 3.98. The lowest BCUT2D eigenvalue weighted by atomic mass is 10.1. The van der Waals surface area contributed by atoms with E-state index in [4.69, 9.17) is 0 Å². The summed E-state index contributed by atoms with van der Waals surface area (Å²) >= 11 is 0. The number of aromatic nitrogens is 4. The first kappa shape index (κ1) is 14.8. The first-order chi connectivity index (χ1) is 9.95. The molecular weight excluding hydrogens is 248 g/mol. The Morgan fingerprint density at radius 2 is 0.950 bits per heavy atom. The van der Waals surface area contributed by atoms with Gasteiger partial charge in [-0.1, -0.05) is 38.5 Å². The van der Waals surface area contributed by atoms with E-state index in [2.05, 4.69) is 10.2 Å². The van der Waals surface area contributed by atoms with Crippen molar-refractivity contribution in [3.8, 4) is 0 Å². The van der Waals surface area contributed by atoms with Crippen LogP contribution in [0.2, 0.25) is 0 Å². The highest BCUT2D eigenvalue weighted by Gasteiger charge is 1.95. The lowest BCUT2D eigenvalue weighted by Gasteiger charge is -2.03. The summed E-state index contributed by atoms with van der Waals surface area (Å²) in [5.74, 6) is 0. The van der Waals surface area contributed by atoms with E-state index in [0.717, 1.165) is 13.1 Å². The van der Waals surface area contributed by atoms with Crippen LogP contribution in [0.3, 0.4) is 0 Å². The minimum atomic E-state index is 1.07. The monoisotopic (exact) mass is 274 g/mol. The molecule has 0 fully saturated rings. The van der Waals surface area contributed by atoms with Crippen LogP contribution in [0, 0.1) is 0 Å². The predicted molar refractivity (Wildman–Crippen MR) is 81.4 cm³/mol. The summed E-state index contributed by atoms with van der Waals surface area (Å²) in [7, 11) is 0. The van der Waals surface area contributed by atoms with E-state index >= 15 is 0 Å². The minimum absolute atomic E-state index is 1.07. The van der Waals surface area contributed by atoms with Crippen molar-refractivity contribution >= 4 is 0 Å². The molecule has 0 radical (unpaired) electrons. The highest BCUT2D eigenvalue weighted by molar-refractivity contribution is 4.78. The number of unbranched alkanes of at least 4 members (excludes halogenated alkanes) is 7. The SMILES string of the molecule is c1cnn(CCCCCCCCCCn2cccn2)c1. The van der Waals surface area contributed by atoms with Gasteiger partial charge in [-0.25, -0.2) is 0 Å². The van der Waals surface area contributed by atoms with Gasteiger partial charge < -0.3 is 0 Å². The average molecular weight is 274 g/mol. The van der Waals surface area contributed by atoms with Crippen LogP contribution in [0.1, 0.15) is 51.4 Å². The van der Waals surface area contributed by atoms with Gasteiger partial charge in [0.2, 0.25) is 0 Å². The van der Waals surface area contributed by atoms with E-state index in [-0.39, 0.29) is 0 Å². The maximum absolute atomic E-state index is 4.21. The number of rotatable bonds is 11. The fourth-order valence-corrected chi connectivity index (χ4v) is 2.47. The molecule has 0 amide bonds. The molecular formula is C16H26N4. The first-order valence-electron chi connectivity index (χ1n) is 7.90. The Morgan fingerprint density at radius 3 is 1.30 bits per heavy atom. The second-order valence-corrected chi connectivity index (χ2v) is 5.37. The van der Waals surface area contributed by atoms with Crippen LogP contribution in [0.15, 0.2) is 36.9 Å². The normalized spacial score (nSPS) is 11.0. The zero-order chi connectivity index (χ0) is 13.9. The molecule has 0 N–H and O–H groups in total. The van der Waals surface area contributed by atoms with Crippen molar-refractivity contribution in [2.24, 2.45) is 0 Å². The van der Waals surface area contributed by atoms with Gasteiger partial charge >= 0.3 is 0 Å². The third kappa shape index (κ3) is 6.04. The van der Waals surface area contributed by atoms with Crippen LogP contribution in [0.4, 0.5) is 0 Å². The van der Waals surface area contributed by atoms with Crippen LogP contribution in [0.5, 0.6) is 0 Å². The molecule has 2 aromatic rings. The molecule has 0 unspecified atom stereocenters. The van der Waals surface area contributed by atoms with Gasteiger partial charge in [0, 0.05) is 37.9 Å². The molecule has 0 aliphatic carbocycles. The highest BCUT2D eigenvalue weighted by atomic mass is 15.3. The molecule has 2 rings (SSSR count). The van der Waals surface area contributed by atoms with Gasteiger partial charge in [0.25, 0.3) is 0 Å². The molecule has 4 nitrogen and oxygen atoms in total. The van der Waals surface area contributed by atoms with Gasteiger partial charge in [0.05, 0.1) is 0 Å². The van der Waals surface area contributed by atoms with Crippen LogP contribution in [0.25, 0.3) is 0 Å². The fraction of sp³-hybridized carbons (Fsp3) is 0.625. The summed E-state index contributed by atoms with van der Waals surface area (Å²) in [4.78, 5) is 0. The molecule has 0 aromatic carbocycles. The maximum atomic E-state index is 4.21. The highest BCUT2D eigenvalue weighted by Crippen LogP contribution is 2.09. The predicted octanol–water partition coefficient (Wildman–Crippen LogP) is 3.90. The van der Waals surface area contributed by atoms with Crippen LogP contribution in [-0.2, 0) is 13.1 Å². The Kier molecular flexibility index (Phi) is 6.92. The summed E-state index contributed by atoms with van der Waals surface area (Å²) in [5.41, 5.74) is 0. The molecule has 0 saturated carbocycles. The first-order valence-corrected chi connectivity index (χ1v) is 7.90. The van der Waals surface area contributed by atoms with Gasteiger partial charge in [0.1, 0.15) is 0 Å². The molecule has 0 aliphatic heterocycles. The van der Waals surface area contributed by atoms with Crippen molar-refractivity contribution in [1.82, 2.24) is 19.6 Å². The van der Waals surface area contributed by atoms with E-state index in [1.807, 2.05) is 46.3 Å². The van der Waals surface area contributed by atoms with Gasteiger partial charge in [-0.2, -0.15) is 10.2 Å². The van der Waals surface area contributed by atoms with Crippen molar-refractivity contribution in [2.75, 3.05) is 0 Å². The Morgan fingerprint density at radius 1 is 0.550 bits per heavy atom. The van der Waals surface area contributed by atoms with Crippen LogP contribution < -0.4 is 0 Å². The summed E-state index contributed by atoms with van der Waals surface area (Å²) < 4.78 is 4.05. The minimum Gasteiger partial charge on any atom is -0.273 e.